The molecule has 1 unspecified atom stereocenters. The number of hydrogen-bond acceptors (Lipinski definition) is 2. The summed E-state index contributed by atoms with van der Waals surface area (Å²) in [6.07, 6.45) is 0. The molecule has 76 valence electrons. The standard InChI is InChI=1S/C8H15BrN2O2/c1-5(9)6(12)11-4-8(2,3)7(10)13/h5H,4H2,1-3H3,(H2,10,13)(H,11,12). The van der Waals surface area contributed by atoms with Crippen molar-refractivity contribution in [2.75, 3.05) is 6.54 Å². The second-order valence-corrected chi connectivity index (χ2v) is 4.96. The normalized spacial score (nSPS) is 13.5. The van der Waals surface area contributed by atoms with Crippen LogP contribution in [0.15, 0.2) is 0 Å². The van der Waals surface area contributed by atoms with E-state index in [1.807, 2.05) is 0 Å². The van der Waals surface area contributed by atoms with Gasteiger partial charge in [-0.15, -0.1) is 0 Å². The van der Waals surface area contributed by atoms with Gasteiger partial charge in [0.05, 0.1) is 10.2 Å². The van der Waals surface area contributed by atoms with Crippen molar-refractivity contribution >= 4 is 27.7 Å². The molecule has 0 aliphatic rings. The molecule has 0 spiro atoms. The molecule has 0 fully saturated rings. The van der Waals surface area contributed by atoms with Crippen LogP contribution in [-0.2, 0) is 9.59 Å². The van der Waals surface area contributed by atoms with E-state index in [9.17, 15) is 9.59 Å². The largest absolute Gasteiger partial charge is 0.369 e. The van der Waals surface area contributed by atoms with Gasteiger partial charge in [0.2, 0.25) is 11.8 Å². The minimum Gasteiger partial charge on any atom is -0.369 e. The summed E-state index contributed by atoms with van der Waals surface area (Å²) in [6, 6.07) is 0. The van der Waals surface area contributed by atoms with Crippen LogP contribution in [0.3, 0.4) is 0 Å². The molecule has 0 aliphatic heterocycles. The number of amides is 2. The predicted octanol–water partition coefficient (Wildman–Crippen LogP) is 0.398. The molecule has 0 saturated heterocycles. The van der Waals surface area contributed by atoms with Gasteiger partial charge in [0.25, 0.3) is 0 Å². The first-order chi connectivity index (χ1) is 5.77. The molecule has 4 nitrogen and oxygen atoms in total. The summed E-state index contributed by atoms with van der Waals surface area (Å²) in [6.45, 7) is 5.35. The van der Waals surface area contributed by atoms with Gasteiger partial charge in [-0.25, -0.2) is 0 Å². The van der Waals surface area contributed by atoms with Crippen LogP contribution in [0.2, 0.25) is 0 Å². The monoisotopic (exact) mass is 250 g/mol. The minimum absolute atomic E-state index is 0.144. The first-order valence-corrected chi connectivity index (χ1v) is 4.90. The van der Waals surface area contributed by atoms with Crippen molar-refractivity contribution in [2.45, 2.75) is 25.6 Å². The fourth-order valence-corrected chi connectivity index (χ4v) is 0.698. The highest BCUT2D eigenvalue weighted by atomic mass is 79.9. The molecular weight excluding hydrogens is 236 g/mol. The van der Waals surface area contributed by atoms with Gasteiger partial charge < -0.3 is 11.1 Å². The lowest BCUT2D eigenvalue weighted by atomic mass is 9.93. The third-order valence-corrected chi connectivity index (χ3v) is 2.15. The highest BCUT2D eigenvalue weighted by Gasteiger charge is 2.25. The van der Waals surface area contributed by atoms with Gasteiger partial charge >= 0.3 is 0 Å². The number of carbonyl (C=O) groups excluding carboxylic acids is 2. The molecule has 13 heavy (non-hydrogen) atoms. The van der Waals surface area contributed by atoms with E-state index < -0.39 is 11.3 Å². The summed E-state index contributed by atoms with van der Waals surface area (Å²) in [5, 5.41) is 2.62. The third kappa shape index (κ3) is 4.26. The molecule has 0 bridgehead atoms. The van der Waals surface area contributed by atoms with Gasteiger partial charge in [0.1, 0.15) is 0 Å². The van der Waals surface area contributed by atoms with Crippen LogP contribution >= 0.6 is 15.9 Å². The van der Waals surface area contributed by atoms with Gasteiger partial charge in [-0.05, 0) is 20.8 Å². The van der Waals surface area contributed by atoms with Crippen LogP contribution in [0.25, 0.3) is 0 Å². The van der Waals surface area contributed by atoms with Crippen molar-refractivity contribution in [2.24, 2.45) is 11.1 Å². The van der Waals surface area contributed by atoms with Crippen molar-refractivity contribution in [3.05, 3.63) is 0 Å². The van der Waals surface area contributed by atoms with Crippen molar-refractivity contribution in [3.8, 4) is 0 Å². The second-order valence-electron chi connectivity index (χ2n) is 3.58. The molecule has 0 aromatic rings. The van der Waals surface area contributed by atoms with Gasteiger partial charge in [-0.3, -0.25) is 9.59 Å². The lowest BCUT2D eigenvalue weighted by Crippen LogP contribution is -2.43. The zero-order chi connectivity index (χ0) is 10.6. The lowest BCUT2D eigenvalue weighted by molar-refractivity contribution is -0.126. The van der Waals surface area contributed by atoms with E-state index in [1.165, 1.54) is 0 Å². The first kappa shape index (κ1) is 12.4. The number of halogens is 1. The van der Waals surface area contributed by atoms with E-state index in [1.54, 1.807) is 20.8 Å². The Hall–Kier alpha value is -0.580. The molecule has 0 saturated carbocycles. The minimum atomic E-state index is -0.697. The molecule has 2 amide bonds. The van der Waals surface area contributed by atoms with E-state index in [0.29, 0.717) is 0 Å². The molecule has 5 heteroatoms. The Bertz CT molecular complexity index is 214. The Morgan fingerprint density at radius 2 is 2.00 bits per heavy atom. The Labute approximate surface area is 86.4 Å². The van der Waals surface area contributed by atoms with E-state index in [-0.39, 0.29) is 17.3 Å². The fourth-order valence-electron chi connectivity index (χ4n) is 0.536. The molecule has 0 radical (unpaired) electrons. The summed E-state index contributed by atoms with van der Waals surface area (Å²) < 4.78 is 0. The molecule has 0 aromatic carbocycles. The fraction of sp³-hybridized carbons (Fsp3) is 0.750. The predicted molar refractivity (Wildman–Crippen MR) is 54.4 cm³/mol. The summed E-state index contributed by atoms with van der Waals surface area (Å²) in [7, 11) is 0. The number of alkyl halides is 1. The van der Waals surface area contributed by atoms with E-state index >= 15 is 0 Å². The highest BCUT2D eigenvalue weighted by molar-refractivity contribution is 9.10. The third-order valence-electron chi connectivity index (χ3n) is 1.73. The van der Waals surface area contributed by atoms with Crippen molar-refractivity contribution in [1.82, 2.24) is 5.32 Å². The topological polar surface area (TPSA) is 72.2 Å². The highest BCUT2D eigenvalue weighted by Crippen LogP contribution is 2.12. The molecular formula is C8H15BrN2O2. The molecule has 1 atom stereocenters. The summed E-state index contributed by atoms with van der Waals surface area (Å²) in [5.41, 5.74) is 4.43. The molecule has 0 aromatic heterocycles. The Kier molecular flexibility index (Phi) is 4.39. The molecule has 0 heterocycles. The maximum absolute atomic E-state index is 11.1. The second kappa shape index (κ2) is 4.60. The summed E-state index contributed by atoms with van der Waals surface area (Å²) in [4.78, 5) is 21.7. The van der Waals surface area contributed by atoms with Crippen molar-refractivity contribution < 1.29 is 9.59 Å². The quantitative estimate of drug-likeness (QED) is 0.710. The number of primary amides is 1. The van der Waals surface area contributed by atoms with Gasteiger partial charge in [0.15, 0.2) is 0 Å². The van der Waals surface area contributed by atoms with Gasteiger partial charge in [0, 0.05) is 6.54 Å². The number of nitrogens with one attached hydrogen (secondary N) is 1. The average molecular weight is 251 g/mol. The summed E-state index contributed by atoms with van der Waals surface area (Å²) >= 11 is 3.12. The number of hydrogen-bond donors (Lipinski definition) is 2. The van der Waals surface area contributed by atoms with Crippen LogP contribution in [0.1, 0.15) is 20.8 Å². The zero-order valence-electron chi connectivity index (χ0n) is 8.06. The van der Waals surface area contributed by atoms with Crippen LogP contribution in [0.5, 0.6) is 0 Å². The Balaban J connectivity index is 4.03. The smallest absolute Gasteiger partial charge is 0.233 e. The lowest BCUT2D eigenvalue weighted by Gasteiger charge is -2.21. The maximum atomic E-state index is 11.1. The Morgan fingerprint density at radius 3 is 2.31 bits per heavy atom. The van der Waals surface area contributed by atoms with Crippen LogP contribution < -0.4 is 11.1 Å². The van der Waals surface area contributed by atoms with Crippen molar-refractivity contribution in [3.63, 3.8) is 0 Å². The molecule has 0 aliphatic carbocycles. The van der Waals surface area contributed by atoms with Crippen LogP contribution in [0, 0.1) is 5.41 Å². The summed E-state index contributed by atoms with van der Waals surface area (Å²) in [5.74, 6) is -0.565. The van der Waals surface area contributed by atoms with Crippen molar-refractivity contribution in [1.29, 1.82) is 0 Å². The van der Waals surface area contributed by atoms with E-state index in [0.717, 1.165) is 0 Å². The average Bonchev–Trinajstić information content (AvgIpc) is 1.99. The maximum Gasteiger partial charge on any atom is 0.233 e. The van der Waals surface area contributed by atoms with E-state index in [2.05, 4.69) is 21.2 Å². The van der Waals surface area contributed by atoms with E-state index in [4.69, 9.17) is 5.73 Å². The number of rotatable bonds is 4. The Morgan fingerprint density at radius 1 is 1.54 bits per heavy atom. The SMILES string of the molecule is CC(Br)C(=O)NCC(C)(C)C(N)=O. The van der Waals surface area contributed by atoms with Crippen LogP contribution in [-0.4, -0.2) is 23.2 Å². The van der Waals surface area contributed by atoms with Gasteiger partial charge in [-0.2, -0.15) is 0 Å². The van der Waals surface area contributed by atoms with Gasteiger partial charge in [-0.1, -0.05) is 15.9 Å². The number of carbonyl (C=O) groups is 2. The first-order valence-electron chi connectivity index (χ1n) is 3.99. The number of nitrogens with two attached hydrogens (primary N) is 1. The van der Waals surface area contributed by atoms with Crippen LogP contribution in [0.4, 0.5) is 0 Å². The zero-order valence-corrected chi connectivity index (χ0v) is 9.64. The molecule has 3 N–H and O–H groups in total. The molecule has 0 rings (SSSR count).